The standard InChI is InChI=1S/C5H4Cl2FN.BF4/c6-4-2-1-3-5(7)9(4)8;2-1(3,4)5/h1-4H;/q;-1/p+1. The first-order chi connectivity index (χ1) is 6.22. The third-order valence-corrected chi connectivity index (χ3v) is 1.53. The minimum atomic E-state index is -6.00. The van der Waals surface area contributed by atoms with Gasteiger partial charge in [0.05, 0.1) is 0 Å². The average Bonchev–Trinajstić information content (AvgIpc) is 1.97. The summed E-state index contributed by atoms with van der Waals surface area (Å²) in [6, 6.07) is 0. The van der Waals surface area contributed by atoms with Crippen LogP contribution in [0.25, 0.3) is 0 Å². The van der Waals surface area contributed by atoms with Crippen molar-refractivity contribution in [2.75, 3.05) is 0 Å². The van der Waals surface area contributed by atoms with E-state index in [1.54, 1.807) is 6.08 Å². The number of hydrogen-bond acceptors (Lipinski definition) is 1. The molecule has 0 aromatic heterocycles. The van der Waals surface area contributed by atoms with E-state index in [9.17, 15) is 21.7 Å². The van der Waals surface area contributed by atoms with Crippen LogP contribution in [0.3, 0.4) is 0 Å². The lowest BCUT2D eigenvalue weighted by Crippen LogP contribution is -2.19. The van der Waals surface area contributed by atoms with Gasteiger partial charge in [0.15, 0.2) is 5.50 Å². The molecule has 1 aliphatic rings. The number of nitrogens with zero attached hydrogens (tertiary/aromatic N) is 1. The molecule has 14 heavy (non-hydrogen) atoms. The van der Waals surface area contributed by atoms with Crippen LogP contribution >= 0.6 is 23.2 Å². The van der Waals surface area contributed by atoms with Crippen LogP contribution in [0.2, 0.25) is 0 Å². The van der Waals surface area contributed by atoms with Crippen molar-refractivity contribution in [3.05, 3.63) is 23.4 Å². The molecule has 0 aromatic rings. The molecule has 82 valence electrons. The first-order valence-electron chi connectivity index (χ1n) is 3.22. The lowest BCUT2D eigenvalue weighted by molar-refractivity contribution is 0.0804. The molecule has 0 spiro atoms. The Bertz CT molecular complexity index is 240. The molecule has 9 heteroatoms. The summed E-state index contributed by atoms with van der Waals surface area (Å²) in [5.74, 6) is 0. The molecule has 0 bridgehead atoms. The van der Waals surface area contributed by atoms with Crippen molar-refractivity contribution in [3.63, 3.8) is 0 Å². The third kappa shape index (κ3) is 7.02. The topological polar surface area (TPSA) is 3.24 Å². The van der Waals surface area contributed by atoms with E-state index in [0.717, 1.165) is 0 Å². The fourth-order valence-electron chi connectivity index (χ4n) is 0.491. The molecular formula is C5H5BCl2F5N. The molecule has 0 saturated carbocycles. The van der Waals surface area contributed by atoms with Crippen molar-refractivity contribution in [1.82, 2.24) is 5.12 Å². The Hall–Kier alpha value is -0.425. The van der Waals surface area contributed by atoms with Crippen molar-refractivity contribution < 1.29 is 23.2 Å². The van der Waals surface area contributed by atoms with Gasteiger partial charge < -0.3 is 17.3 Å². The minimum Gasteiger partial charge on any atom is -0.418 e. The molecule has 1 aliphatic heterocycles. The zero-order valence-corrected chi connectivity index (χ0v) is 7.99. The molecule has 0 amide bonds. The largest absolute Gasteiger partial charge is 1.00 e. The molecule has 0 N–H and O–H groups in total. The molecule has 0 aromatic carbocycles. The highest BCUT2D eigenvalue weighted by atomic mass is 35.5. The molecule has 0 radical (unpaired) electrons. The Morgan fingerprint density at radius 2 is 1.79 bits per heavy atom. The predicted octanol–water partition coefficient (Wildman–Crippen LogP) is 3.80. The van der Waals surface area contributed by atoms with Crippen molar-refractivity contribution in [2.45, 2.75) is 5.50 Å². The summed E-state index contributed by atoms with van der Waals surface area (Å²) in [6.07, 6.45) is 4.53. The fraction of sp³-hybridized carbons (Fsp3) is 0.200. The second kappa shape index (κ2) is 5.45. The number of halogens is 7. The first-order valence-corrected chi connectivity index (χ1v) is 4.03. The van der Waals surface area contributed by atoms with Gasteiger partial charge in [-0.3, -0.25) is 0 Å². The minimum absolute atomic E-state index is 0. The molecule has 1 atom stereocenters. The third-order valence-electron chi connectivity index (χ3n) is 0.924. The van der Waals surface area contributed by atoms with Crippen molar-refractivity contribution >= 4 is 30.5 Å². The van der Waals surface area contributed by atoms with Crippen LogP contribution in [0.15, 0.2) is 23.4 Å². The van der Waals surface area contributed by atoms with Gasteiger partial charge in [0.25, 0.3) is 0 Å². The Balaban J connectivity index is 0. The van der Waals surface area contributed by atoms with E-state index in [1.165, 1.54) is 12.2 Å². The van der Waals surface area contributed by atoms with Crippen LogP contribution in [-0.4, -0.2) is 17.9 Å². The summed E-state index contributed by atoms with van der Waals surface area (Å²) in [5, 5.41) is 0.292. The SMILES string of the molecule is FN1C(Cl)=CC=CC1Cl.F[B-](F)(F)F.[H+]. The highest BCUT2D eigenvalue weighted by molar-refractivity contribution is 6.50. The summed E-state index contributed by atoms with van der Waals surface area (Å²) < 4.78 is 51.4. The smallest absolute Gasteiger partial charge is 0.418 e. The number of hydrogen-bond donors (Lipinski definition) is 0. The second-order valence-corrected chi connectivity index (χ2v) is 2.89. The molecular weight excluding hydrogens is 251 g/mol. The van der Waals surface area contributed by atoms with Crippen LogP contribution in [0.5, 0.6) is 0 Å². The molecule has 0 fully saturated rings. The highest BCUT2D eigenvalue weighted by Gasteiger charge is 2.20. The maximum absolute atomic E-state index is 12.4. The van der Waals surface area contributed by atoms with Gasteiger partial charge in [0.2, 0.25) is 0 Å². The summed E-state index contributed by atoms with van der Waals surface area (Å²) in [5.41, 5.74) is -0.762. The number of rotatable bonds is 0. The van der Waals surface area contributed by atoms with Gasteiger partial charge in [-0.1, -0.05) is 33.8 Å². The second-order valence-electron chi connectivity index (χ2n) is 2.05. The van der Waals surface area contributed by atoms with Gasteiger partial charge in [-0.15, -0.1) is 0 Å². The Morgan fingerprint density at radius 3 is 2.07 bits per heavy atom. The van der Waals surface area contributed by atoms with Gasteiger partial charge in [-0.2, -0.15) is 5.12 Å². The van der Waals surface area contributed by atoms with Crippen molar-refractivity contribution in [1.29, 1.82) is 0 Å². The van der Waals surface area contributed by atoms with Crippen molar-refractivity contribution in [2.24, 2.45) is 0 Å². The lowest BCUT2D eigenvalue weighted by atomic mass is 10.3. The van der Waals surface area contributed by atoms with E-state index >= 15 is 0 Å². The Morgan fingerprint density at radius 1 is 1.36 bits per heavy atom. The zero-order chi connectivity index (χ0) is 11.4. The molecule has 1 nitrogen and oxygen atoms in total. The molecule has 0 aliphatic carbocycles. The maximum Gasteiger partial charge on any atom is 1.00 e. The van der Waals surface area contributed by atoms with E-state index in [0.29, 0.717) is 0 Å². The summed E-state index contributed by atoms with van der Waals surface area (Å²) in [7, 11) is -6.00. The van der Waals surface area contributed by atoms with Gasteiger partial charge >= 0.3 is 8.68 Å². The molecule has 1 unspecified atom stereocenters. The van der Waals surface area contributed by atoms with Gasteiger partial charge in [0, 0.05) is 0 Å². The molecule has 1 rings (SSSR count). The predicted molar refractivity (Wildman–Crippen MR) is 47.0 cm³/mol. The summed E-state index contributed by atoms with van der Waals surface area (Å²) >= 11 is 10.7. The van der Waals surface area contributed by atoms with E-state index in [2.05, 4.69) is 0 Å². The molecule has 1 heterocycles. The number of alkyl halides is 1. The van der Waals surface area contributed by atoms with Gasteiger partial charge in [0.1, 0.15) is 5.16 Å². The normalized spacial score (nSPS) is 21.2. The fourth-order valence-corrected chi connectivity index (χ4v) is 0.908. The van der Waals surface area contributed by atoms with Crippen LogP contribution in [-0.2, 0) is 0 Å². The van der Waals surface area contributed by atoms with Crippen LogP contribution < -0.4 is 0 Å². The van der Waals surface area contributed by atoms with E-state index in [1.807, 2.05) is 0 Å². The van der Waals surface area contributed by atoms with Gasteiger partial charge in [-0.25, -0.2) is 0 Å². The Kier molecular flexibility index (Phi) is 5.29. The number of allylic oxidation sites excluding steroid dienone is 2. The van der Waals surface area contributed by atoms with Crippen LogP contribution in [0.4, 0.5) is 21.7 Å². The summed E-state index contributed by atoms with van der Waals surface area (Å²) in [6.45, 7) is 0. The van der Waals surface area contributed by atoms with E-state index in [4.69, 9.17) is 23.2 Å². The lowest BCUT2D eigenvalue weighted by Gasteiger charge is -2.17. The maximum atomic E-state index is 12.4. The van der Waals surface area contributed by atoms with E-state index in [-0.39, 0.29) is 11.7 Å². The highest BCUT2D eigenvalue weighted by Crippen LogP contribution is 2.21. The monoisotopic (exact) mass is 255 g/mol. The Labute approximate surface area is 88.3 Å². The van der Waals surface area contributed by atoms with Crippen LogP contribution in [0.1, 0.15) is 1.43 Å². The van der Waals surface area contributed by atoms with Crippen LogP contribution in [0, 0.1) is 0 Å². The first kappa shape index (κ1) is 13.6. The quantitative estimate of drug-likeness (QED) is 0.209. The van der Waals surface area contributed by atoms with Gasteiger partial charge in [-0.05, 0) is 12.2 Å². The summed E-state index contributed by atoms with van der Waals surface area (Å²) in [4.78, 5) is 0. The van der Waals surface area contributed by atoms with E-state index < -0.39 is 12.8 Å². The average molecular weight is 256 g/mol. The molecule has 0 saturated heterocycles. The van der Waals surface area contributed by atoms with Crippen molar-refractivity contribution in [3.8, 4) is 0 Å². The zero-order valence-electron chi connectivity index (χ0n) is 7.48.